The Kier molecular flexibility index (Phi) is 2.77. The van der Waals surface area contributed by atoms with Crippen LogP contribution < -0.4 is 0 Å². The van der Waals surface area contributed by atoms with E-state index in [9.17, 15) is 4.57 Å². The number of rotatable bonds is 2. The first-order valence-corrected chi connectivity index (χ1v) is 4.04. The summed E-state index contributed by atoms with van der Waals surface area (Å²) in [5.74, 6) is 0. The van der Waals surface area contributed by atoms with Crippen molar-refractivity contribution >= 4 is 20.2 Å². The van der Waals surface area contributed by atoms with E-state index < -0.39 is 12.6 Å². The van der Waals surface area contributed by atoms with Crippen LogP contribution in [0.25, 0.3) is 0 Å². The van der Waals surface area contributed by atoms with Crippen LogP contribution in [0.15, 0.2) is 12.7 Å². The van der Waals surface area contributed by atoms with E-state index in [1.165, 1.54) is 0 Å². The van der Waals surface area contributed by atoms with Gasteiger partial charge in [0.2, 0.25) is 0 Å². The van der Waals surface area contributed by atoms with Crippen molar-refractivity contribution in [3.8, 4) is 0 Å². The lowest BCUT2D eigenvalue weighted by Gasteiger charge is -2.04. The third kappa shape index (κ3) is 2.52. The van der Waals surface area contributed by atoms with Crippen molar-refractivity contribution in [2.45, 2.75) is 4.99 Å². The first-order valence-electron chi connectivity index (χ1n) is 1.84. The second kappa shape index (κ2) is 2.69. The maximum Gasteiger partial charge on any atom is 0.341 e. The average molecular weight is 154 g/mol. The van der Waals surface area contributed by atoms with Gasteiger partial charge in [-0.2, -0.15) is 12.6 Å². The van der Waals surface area contributed by atoms with Crippen LogP contribution in [-0.4, -0.2) is 14.8 Å². The standard InChI is InChI=1S/C3H7O3PS/c1-2-3(8)7(4,5)6/h2-3,8H,1H2,(H2,4,5,6). The molecule has 3 nitrogen and oxygen atoms in total. The summed E-state index contributed by atoms with van der Waals surface area (Å²) in [6.45, 7) is 3.16. The zero-order chi connectivity index (χ0) is 6.78. The molecule has 0 aliphatic heterocycles. The monoisotopic (exact) mass is 154 g/mol. The van der Waals surface area contributed by atoms with Crippen LogP contribution in [0.2, 0.25) is 0 Å². The maximum atomic E-state index is 10.1. The maximum absolute atomic E-state index is 10.1. The predicted octanol–water partition coefficient (Wildman–Crippen LogP) is 0.606. The van der Waals surface area contributed by atoms with Gasteiger partial charge in [-0.1, -0.05) is 6.08 Å². The highest BCUT2D eigenvalue weighted by molar-refractivity contribution is 7.89. The predicted molar refractivity (Wildman–Crippen MR) is 35.0 cm³/mol. The second-order valence-electron chi connectivity index (χ2n) is 1.24. The van der Waals surface area contributed by atoms with Crippen LogP contribution in [0.3, 0.4) is 0 Å². The zero-order valence-electron chi connectivity index (χ0n) is 4.06. The fourth-order valence-corrected chi connectivity index (χ4v) is 0.412. The van der Waals surface area contributed by atoms with Gasteiger partial charge >= 0.3 is 7.60 Å². The van der Waals surface area contributed by atoms with Gasteiger partial charge in [-0.15, -0.1) is 6.58 Å². The topological polar surface area (TPSA) is 57.5 Å². The average Bonchev–Trinajstić information content (AvgIpc) is 1.62. The summed E-state index contributed by atoms with van der Waals surface area (Å²) in [5, 5.41) is 0. The Morgan fingerprint density at radius 2 is 2.12 bits per heavy atom. The Morgan fingerprint density at radius 1 is 1.75 bits per heavy atom. The lowest BCUT2D eigenvalue weighted by Crippen LogP contribution is -1.92. The van der Waals surface area contributed by atoms with Crippen molar-refractivity contribution in [1.82, 2.24) is 0 Å². The molecule has 0 saturated heterocycles. The highest BCUT2D eigenvalue weighted by atomic mass is 32.1. The van der Waals surface area contributed by atoms with Crippen molar-refractivity contribution in [2.75, 3.05) is 0 Å². The third-order valence-electron chi connectivity index (χ3n) is 0.555. The van der Waals surface area contributed by atoms with Gasteiger partial charge < -0.3 is 9.79 Å². The van der Waals surface area contributed by atoms with Gasteiger partial charge in [0.1, 0.15) is 4.99 Å². The van der Waals surface area contributed by atoms with Crippen molar-refractivity contribution in [2.24, 2.45) is 0 Å². The van der Waals surface area contributed by atoms with Crippen molar-refractivity contribution < 1.29 is 14.4 Å². The van der Waals surface area contributed by atoms with E-state index in [-0.39, 0.29) is 0 Å². The molecule has 1 atom stereocenters. The summed E-state index contributed by atoms with van der Waals surface area (Å²) in [4.78, 5) is 15.5. The normalized spacial score (nSPS) is 15.4. The molecule has 0 bridgehead atoms. The molecule has 0 radical (unpaired) electrons. The summed E-state index contributed by atoms with van der Waals surface area (Å²) in [6, 6.07) is 0. The molecule has 0 aliphatic carbocycles. The minimum Gasteiger partial charge on any atom is -0.323 e. The van der Waals surface area contributed by atoms with Gasteiger partial charge in [0.15, 0.2) is 0 Å². The van der Waals surface area contributed by atoms with Gasteiger partial charge in [0.25, 0.3) is 0 Å². The lowest BCUT2D eigenvalue weighted by atomic mass is 10.8. The van der Waals surface area contributed by atoms with Crippen LogP contribution in [-0.2, 0) is 4.57 Å². The zero-order valence-corrected chi connectivity index (χ0v) is 5.85. The molecule has 0 aromatic rings. The van der Waals surface area contributed by atoms with E-state index in [4.69, 9.17) is 9.79 Å². The number of hydrogen-bond donors (Lipinski definition) is 3. The molecular weight excluding hydrogens is 147 g/mol. The van der Waals surface area contributed by atoms with Crippen LogP contribution in [0, 0.1) is 0 Å². The van der Waals surface area contributed by atoms with E-state index in [1.807, 2.05) is 0 Å². The molecule has 0 aromatic heterocycles. The van der Waals surface area contributed by atoms with E-state index in [2.05, 4.69) is 19.2 Å². The summed E-state index contributed by atoms with van der Waals surface area (Å²) >= 11 is 3.53. The van der Waals surface area contributed by atoms with Gasteiger partial charge in [0.05, 0.1) is 0 Å². The lowest BCUT2D eigenvalue weighted by molar-refractivity contribution is 0.374. The summed E-state index contributed by atoms with van der Waals surface area (Å²) in [5.41, 5.74) is 0. The minimum absolute atomic E-state index is 1.03. The summed E-state index contributed by atoms with van der Waals surface area (Å²) in [6.07, 6.45) is 1.10. The quantitative estimate of drug-likeness (QED) is 0.310. The van der Waals surface area contributed by atoms with Crippen molar-refractivity contribution in [1.29, 1.82) is 0 Å². The van der Waals surface area contributed by atoms with Gasteiger partial charge in [-0.3, -0.25) is 4.57 Å². The van der Waals surface area contributed by atoms with E-state index >= 15 is 0 Å². The van der Waals surface area contributed by atoms with Gasteiger partial charge in [-0.05, 0) is 0 Å². The third-order valence-corrected chi connectivity index (χ3v) is 2.57. The SMILES string of the molecule is C=CC(S)P(=O)(O)O. The van der Waals surface area contributed by atoms with E-state index in [1.54, 1.807) is 0 Å². The fourth-order valence-electron chi connectivity index (χ4n) is 0.137. The minimum atomic E-state index is -4.01. The summed E-state index contributed by atoms with van der Waals surface area (Å²) in [7, 11) is -4.01. The molecule has 0 heterocycles. The molecule has 8 heavy (non-hydrogen) atoms. The van der Waals surface area contributed by atoms with Crippen molar-refractivity contribution in [3.05, 3.63) is 12.7 Å². The van der Waals surface area contributed by atoms with E-state index in [0.29, 0.717) is 0 Å². The molecule has 0 aliphatic rings. The van der Waals surface area contributed by atoms with Crippen molar-refractivity contribution in [3.63, 3.8) is 0 Å². The molecule has 0 fully saturated rings. The molecule has 0 rings (SSSR count). The molecule has 48 valence electrons. The fraction of sp³-hybridized carbons (Fsp3) is 0.333. The van der Waals surface area contributed by atoms with Crippen LogP contribution in [0.5, 0.6) is 0 Å². The Balaban J connectivity index is 4.02. The highest BCUT2D eigenvalue weighted by Crippen LogP contribution is 2.43. The number of hydrogen-bond acceptors (Lipinski definition) is 2. The summed E-state index contributed by atoms with van der Waals surface area (Å²) < 4.78 is 10.1. The first-order chi connectivity index (χ1) is 3.48. The van der Waals surface area contributed by atoms with Crippen LogP contribution in [0.1, 0.15) is 0 Å². The highest BCUT2D eigenvalue weighted by Gasteiger charge is 2.20. The molecule has 0 spiro atoms. The smallest absolute Gasteiger partial charge is 0.323 e. The molecule has 0 aromatic carbocycles. The Bertz CT molecular complexity index is 128. The van der Waals surface area contributed by atoms with Gasteiger partial charge in [0, 0.05) is 0 Å². The largest absolute Gasteiger partial charge is 0.341 e. The van der Waals surface area contributed by atoms with Crippen LogP contribution in [0.4, 0.5) is 0 Å². The van der Waals surface area contributed by atoms with E-state index in [0.717, 1.165) is 6.08 Å². The second-order valence-corrected chi connectivity index (χ2v) is 3.94. The van der Waals surface area contributed by atoms with Gasteiger partial charge in [-0.25, -0.2) is 0 Å². The Labute approximate surface area is 53.0 Å². The molecule has 0 amide bonds. The first kappa shape index (κ1) is 8.24. The number of thiol groups is 1. The molecule has 5 heteroatoms. The molecular formula is C3H7O3PS. The molecule has 0 saturated carbocycles. The van der Waals surface area contributed by atoms with Crippen LogP contribution >= 0.6 is 20.2 Å². The molecule has 2 N–H and O–H groups in total. The Hall–Kier alpha value is 0.240. The Morgan fingerprint density at radius 3 is 2.12 bits per heavy atom. The molecule has 1 unspecified atom stereocenters.